The van der Waals surface area contributed by atoms with Crippen LogP contribution in [-0.4, -0.2) is 55.8 Å². The molecule has 1 aliphatic carbocycles. The van der Waals surface area contributed by atoms with Crippen molar-refractivity contribution in [1.82, 2.24) is 25.4 Å². The molecule has 8 heteroatoms. The maximum absolute atomic E-state index is 11.2. The third-order valence-electron chi connectivity index (χ3n) is 5.60. The Bertz CT molecular complexity index is 1060. The zero-order valence-corrected chi connectivity index (χ0v) is 16.6. The van der Waals surface area contributed by atoms with Crippen LogP contribution in [0, 0.1) is 0 Å². The first-order chi connectivity index (χ1) is 14.7. The first kappa shape index (κ1) is 20.2. The summed E-state index contributed by atoms with van der Waals surface area (Å²) in [5.41, 5.74) is 6.91. The Balaban J connectivity index is 1.49. The van der Waals surface area contributed by atoms with E-state index in [0.717, 1.165) is 36.0 Å². The third-order valence-corrected chi connectivity index (χ3v) is 5.60. The lowest BCUT2D eigenvalue weighted by molar-refractivity contribution is -0.124. The van der Waals surface area contributed by atoms with Gasteiger partial charge in [-0.05, 0) is 47.7 Å². The lowest BCUT2D eigenvalue weighted by Crippen LogP contribution is -2.33. The first-order valence-corrected chi connectivity index (χ1v) is 10.1. The second-order valence-electron chi connectivity index (χ2n) is 7.38. The van der Waals surface area contributed by atoms with Crippen LogP contribution in [0.3, 0.4) is 0 Å². The molecule has 3 N–H and O–H groups in total. The van der Waals surface area contributed by atoms with Crippen LogP contribution in [-0.2, 0) is 17.8 Å². The molecule has 1 aromatic heterocycles. The molecular weight excluding hydrogens is 382 g/mol. The van der Waals surface area contributed by atoms with E-state index in [1.165, 1.54) is 17.2 Å². The number of para-hydroxylation sites is 1. The Morgan fingerprint density at radius 3 is 2.97 bits per heavy atom. The minimum absolute atomic E-state index is 0.0982. The maximum atomic E-state index is 11.2. The average Bonchev–Trinajstić information content (AvgIpc) is 3.39. The van der Waals surface area contributed by atoms with Crippen LogP contribution in [0.15, 0.2) is 48.5 Å². The molecule has 0 bridgehead atoms. The van der Waals surface area contributed by atoms with Crippen LogP contribution in [0.1, 0.15) is 29.2 Å². The molecule has 1 unspecified atom stereocenters. The van der Waals surface area contributed by atoms with Crippen LogP contribution >= 0.6 is 0 Å². The standard InChI is InChI=1S/C22H25N5O3/c28-14-13-26(11-12-27-21-4-2-1-3-19(21)23-25-27)20-9-7-17-15-16(5-8-18(17)20)6-10-22(29)24-30/h1-6,8,10,15,20,28,30H,7,9,11-14H2,(H,24,29)/b10-6+. The van der Waals surface area contributed by atoms with Gasteiger partial charge in [0, 0.05) is 25.2 Å². The zero-order valence-electron chi connectivity index (χ0n) is 16.6. The van der Waals surface area contributed by atoms with Crippen LogP contribution in [0.5, 0.6) is 0 Å². The van der Waals surface area contributed by atoms with Crippen LogP contribution in [0.25, 0.3) is 17.1 Å². The van der Waals surface area contributed by atoms with E-state index in [2.05, 4.69) is 27.3 Å². The summed E-state index contributed by atoms with van der Waals surface area (Å²) in [5.74, 6) is -0.553. The molecule has 0 aliphatic heterocycles. The minimum atomic E-state index is -0.553. The lowest BCUT2D eigenvalue weighted by atomic mass is 10.0. The monoisotopic (exact) mass is 407 g/mol. The topological polar surface area (TPSA) is 104 Å². The number of fused-ring (bicyclic) bond motifs is 2. The number of carbonyl (C=O) groups is 1. The number of aromatic nitrogens is 3. The average molecular weight is 407 g/mol. The van der Waals surface area contributed by atoms with Crippen molar-refractivity contribution >= 4 is 23.0 Å². The van der Waals surface area contributed by atoms with E-state index < -0.39 is 5.91 Å². The van der Waals surface area contributed by atoms with Crippen molar-refractivity contribution in [3.05, 3.63) is 65.2 Å². The van der Waals surface area contributed by atoms with E-state index in [-0.39, 0.29) is 12.6 Å². The van der Waals surface area contributed by atoms with Gasteiger partial charge in [-0.15, -0.1) is 5.10 Å². The number of hydrogen-bond acceptors (Lipinski definition) is 6. The summed E-state index contributed by atoms with van der Waals surface area (Å²) >= 11 is 0. The Hall–Kier alpha value is -3.07. The normalized spacial score (nSPS) is 15.9. The Kier molecular flexibility index (Phi) is 6.18. The number of nitrogens with one attached hydrogen (secondary N) is 1. The van der Waals surface area contributed by atoms with Crippen molar-refractivity contribution < 1.29 is 15.1 Å². The van der Waals surface area contributed by atoms with Crippen molar-refractivity contribution in [2.75, 3.05) is 19.7 Å². The van der Waals surface area contributed by atoms with Gasteiger partial charge in [0.2, 0.25) is 0 Å². The molecule has 0 saturated carbocycles. The van der Waals surface area contributed by atoms with Gasteiger partial charge in [0.05, 0.1) is 18.7 Å². The Morgan fingerprint density at radius 2 is 2.13 bits per heavy atom. The predicted molar refractivity (Wildman–Crippen MR) is 113 cm³/mol. The highest BCUT2D eigenvalue weighted by Gasteiger charge is 2.27. The van der Waals surface area contributed by atoms with Gasteiger partial charge >= 0.3 is 0 Å². The number of benzene rings is 2. The van der Waals surface area contributed by atoms with E-state index in [1.54, 1.807) is 11.6 Å². The van der Waals surface area contributed by atoms with Crippen molar-refractivity contribution in [3.8, 4) is 0 Å². The van der Waals surface area contributed by atoms with Gasteiger partial charge in [-0.2, -0.15) is 0 Å². The number of amides is 1. The van der Waals surface area contributed by atoms with Gasteiger partial charge in [0.1, 0.15) is 5.52 Å². The Morgan fingerprint density at radius 1 is 1.27 bits per heavy atom. The number of carbonyl (C=O) groups excluding carboxylic acids is 1. The van der Waals surface area contributed by atoms with E-state index in [9.17, 15) is 9.90 Å². The summed E-state index contributed by atoms with van der Waals surface area (Å²) < 4.78 is 1.91. The van der Waals surface area contributed by atoms with Gasteiger partial charge in [0.15, 0.2) is 0 Å². The molecular formula is C22H25N5O3. The predicted octanol–water partition coefficient (Wildman–Crippen LogP) is 1.93. The van der Waals surface area contributed by atoms with Gasteiger partial charge in [-0.3, -0.25) is 14.9 Å². The summed E-state index contributed by atoms with van der Waals surface area (Å²) in [7, 11) is 0. The fraction of sp³-hybridized carbons (Fsp3) is 0.318. The molecule has 156 valence electrons. The SMILES string of the molecule is O=C(/C=C/c1ccc2c(c1)CCC2N(CCO)CCn1nnc2ccccc21)NO. The molecule has 8 nitrogen and oxygen atoms in total. The number of hydrogen-bond donors (Lipinski definition) is 3. The molecule has 0 radical (unpaired) electrons. The summed E-state index contributed by atoms with van der Waals surface area (Å²) in [6, 6.07) is 14.3. The fourth-order valence-corrected chi connectivity index (χ4v) is 4.16. The molecule has 4 rings (SSSR count). The maximum Gasteiger partial charge on any atom is 0.267 e. The first-order valence-electron chi connectivity index (χ1n) is 10.1. The van der Waals surface area contributed by atoms with Gasteiger partial charge in [-0.1, -0.05) is 35.5 Å². The summed E-state index contributed by atoms with van der Waals surface area (Å²) in [4.78, 5) is 13.5. The number of rotatable bonds is 8. The number of aryl methyl sites for hydroxylation is 1. The van der Waals surface area contributed by atoms with E-state index in [4.69, 9.17) is 5.21 Å². The van der Waals surface area contributed by atoms with Gasteiger partial charge in [0.25, 0.3) is 5.91 Å². The highest BCUT2D eigenvalue weighted by Crippen LogP contribution is 2.36. The highest BCUT2D eigenvalue weighted by molar-refractivity contribution is 5.90. The molecule has 3 aromatic rings. The third kappa shape index (κ3) is 4.25. The Labute approximate surface area is 174 Å². The van der Waals surface area contributed by atoms with Crippen LogP contribution in [0.2, 0.25) is 0 Å². The second-order valence-corrected chi connectivity index (χ2v) is 7.38. The molecule has 30 heavy (non-hydrogen) atoms. The van der Waals surface area contributed by atoms with Crippen LogP contribution in [0.4, 0.5) is 0 Å². The number of hydroxylamine groups is 1. The molecule has 1 amide bonds. The van der Waals surface area contributed by atoms with Crippen molar-refractivity contribution in [3.63, 3.8) is 0 Å². The van der Waals surface area contributed by atoms with Crippen molar-refractivity contribution in [2.45, 2.75) is 25.4 Å². The second kappa shape index (κ2) is 9.17. The molecule has 1 aliphatic rings. The van der Waals surface area contributed by atoms with Crippen molar-refractivity contribution in [1.29, 1.82) is 0 Å². The summed E-state index contributed by atoms with van der Waals surface area (Å²) in [6.07, 6.45) is 4.91. The quantitative estimate of drug-likeness (QED) is 0.300. The van der Waals surface area contributed by atoms with Gasteiger partial charge in [-0.25, -0.2) is 10.2 Å². The molecule has 0 spiro atoms. The summed E-state index contributed by atoms with van der Waals surface area (Å²) in [6.45, 7) is 2.15. The zero-order chi connectivity index (χ0) is 20.9. The number of aliphatic hydroxyl groups is 1. The minimum Gasteiger partial charge on any atom is -0.395 e. The molecule has 0 saturated heterocycles. The van der Waals surface area contributed by atoms with Crippen molar-refractivity contribution in [2.24, 2.45) is 0 Å². The smallest absolute Gasteiger partial charge is 0.267 e. The number of aliphatic hydroxyl groups excluding tert-OH is 1. The van der Waals surface area contributed by atoms with E-state index >= 15 is 0 Å². The molecule has 0 fully saturated rings. The molecule has 1 atom stereocenters. The van der Waals surface area contributed by atoms with Crippen LogP contribution < -0.4 is 5.48 Å². The largest absolute Gasteiger partial charge is 0.395 e. The number of nitrogens with zero attached hydrogens (tertiary/aromatic N) is 4. The lowest BCUT2D eigenvalue weighted by Gasteiger charge is -2.29. The summed E-state index contributed by atoms with van der Waals surface area (Å²) in [5, 5.41) is 26.7. The van der Waals surface area contributed by atoms with E-state index in [0.29, 0.717) is 13.1 Å². The fourth-order valence-electron chi connectivity index (χ4n) is 4.16. The highest BCUT2D eigenvalue weighted by atomic mass is 16.5. The van der Waals surface area contributed by atoms with Gasteiger partial charge < -0.3 is 5.11 Å². The van der Waals surface area contributed by atoms with E-state index in [1.807, 2.05) is 35.0 Å². The molecule has 1 heterocycles. The molecule has 2 aromatic carbocycles.